The van der Waals surface area contributed by atoms with E-state index in [4.69, 9.17) is 34.8 Å². The summed E-state index contributed by atoms with van der Waals surface area (Å²) in [5, 5.41) is -0.220. The molecule has 0 spiro atoms. The first kappa shape index (κ1) is 17.3. The van der Waals surface area contributed by atoms with E-state index in [1.807, 2.05) is 0 Å². The minimum Gasteiger partial charge on any atom is -0.205 e. The molecular formula is C14H6Cl3F5. The van der Waals surface area contributed by atoms with Gasteiger partial charge in [-0.25, -0.2) is 8.78 Å². The fourth-order valence-corrected chi connectivity index (χ4v) is 2.62. The number of rotatable bonds is 2. The highest BCUT2D eigenvalue weighted by molar-refractivity contribution is 6.45. The maximum Gasteiger partial charge on any atom is 0.417 e. The Labute approximate surface area is 137 Å². The summed E-state index contributed by atoms with van der Waals surface area (Å²) in [6.45, 7) is 0. The highest BCUT2D eigenvalue weighted by atomic mass is 35.5. The van der Waals surface area contributed by atoms with E-state index in [1.54, 1.807) is 0 Å². The van der Waals surface area contributed by atoms with E-state index < -0.39 is 29.3 Å². The smallest absolute Gasteiger partial charge is 0.205 e. The SMILES string of the molecule is FC(F)c1ccc(C(F)(F)F)c(-c2cc(Cl)cc(Cl)c2Cl)c1. The second-order valence-electron chi connectivity index (χ2n) is 4.35. The molecular weight excluding hydrogens is 370 g/mol. The van der Waals surface area contributed by atoms with Crippen molar-refractivity contribution in [1.29, 1.82) is 0 Å². The van der Waals surface area contributed by atoms with Crippen LogP contribution in [-0.4, -0.2) is 0 Å². The summed E-state index contributed by atoms with van der Waals surface area (Å²) in [6.07, 6.45) is -7.66. The monoisotopic (exact) mass is 374 g/mol. The van der Waals surface area contributed by atoms with E-state index in [9.17, 15) is 22.0 Å². The Hall–Kier alpha value is -1.04. The predicted molar refractivity (Wildman–Crippen MR) is 76.9 cm³/mol. The summed E-state index contributed by atoms with van der Waals surface area (Å²) in [7, 11) is 0. The third-order valence-electron chi connectivity index (χ3n) is 2.88. The molecule has 0 fully saturated rings. The summed E-state index contributed by atoms with van der Waals surface area (Å²) in [5.74, 6) is 0. The van der Waals surface area contributed by atoms with E-state index in [0.29, 0.717) is 6.07 Å². The Morgan fingerprint density at radius 3 is 2.05 bits per heavy atom. The summed E-state index contributed by atoms with van der Waals surface area (Å²) in [6, 6.07) is 4.44. The third kappa shape index (κ3) is 3.47. The first-order valence-corrected chi connectivity index (χ1v) is 6.89. The van der Waals surface area contributed by atoms with E-state index in [-0.39, 0.29) is 20.6 Å². The Morgan fingerprint density at radius 2 is 1.50 bits per heavy atom. The fourth-order valence-electron chi connectivity index (χ4n) is 1.92. The van der Waals surface area contributed by atoms with Gasteiger partial charge >= 0.3 is 6.18 Å². The van der Waals surface area contributed by atoms with Gasteiger partial charge in [-0.1, -0.05) is 40.9 Å². The minimum atomic E-state index is -4.74. The van der Waals surface area contributed by atoms with Gasteiger partial charge in [0.1, 0.15) is 0 Å². The maximum atomic E-state index is 13.1. The van der Waals surface area contributed by atoms with Crippen molar-refractivity contribution in [3.05, 3.63) is 56.5 Å². The lowest BCUT2D eigenvalue weighted by molar-refractivity contribution is -0.137. The summed E-state index contributed by atoms with van der Waals surface area (Å²) >= 11 is 17.5. The Morgan fingerprint density at radius 1 is 0.864 bits per heavy atom. The topological polar surface area (TPSA) is 0 Å². The molecule has 0 aromatic heterocycles. The molecule has 2 rings (SSSR count). The molecule has 0 atom stereocenters. The minimum absolute atomic E-state index is 0.0416. The van der Waals surface area contributed by atoms with Gasteiger partial charge in [-0.3, -0.25) is 0 Å². The van der Waals surface area contributed by atoms with Gasteiger partial charge < -0.3 is 0 Å². The molecule has 0 N–H and O–H groups in total. The van der Waals surface area contributed by atoms with Crippen LogP contribution >= 0.6 is 34.8 Å². The molecule has 22 heavy (non-hydrogen) atoms. The molecule has 118 valence electrons. The number of hydrogen-bond acceptors (Lipinski definition) is 0. The highest BCUT2D eigenvalue weighted by Gasteiger charge is 2.34. The zero-order valence-corrected chi connectivity index (χ0v) is 12.8. The Kier molecular flexibility index (Phi) is 4.90. The zero-order chi connectivity index (χ0) is 16.7. The molecule has 8 heteroatoms. The third-order valence-corrected chi connectivity index (χ3v) is 3.90. The van der Waals surface area contributed by atoms with Crippen molar-refractivity contribution < 1.29 is 22.0 Å². The molecule has 0 amide bonds. The van der Waals surface area contributed by atoms with Crippen LogP contribution in [0.1, 0.15) is 17.6 Å². The fraction of sp³-hybridized carbons (Fsp3) is 0.143. The Balaban J connectivity index is 2.80. The van der Waals surface area contributed by atoms with Crippen LogP contribution in [-0.2, 0) is 6.18 Å². The van der Waals surface area contributed by atoms with Crippen molar-refractivity contribution in [2.75, 3.05) is 0 Å². The van der Waals surface area contributed by atoms with Crippen LogP contribution in [0.2, 0.25) is 15.1 Å². The quantitative estimate of drug-likeness (QED) is 0.382. The van der Waals surface area contributed by atoms with Crippen molar-refractivity contribution in [2.24, 2.45) is 0 Å². The molecule has 0 saturated heterocycles. The maximum absolute atomic E-state index is 13.1. The van der Waals surface area contributed by atoms with Gasteiger partial charge in [-0.15, -0.1) is 0 Å². The lowest BCUT2D eigenvalue weighted by Crippen LogP contribution is -2.08. The lowest BCUT2D eigenvalue weighted by atomic mass is 9.96. The van der Waals surface area contributed by atoms with Crippen LogP contribution < -0.4 is 0 Å². The molecule has 0 nitrogen and oxygen atoms in total. The molecule has 0 bridgehead atoms. The van der Waals surface area contributed by atoms with E-state index >= 15 is 0 Å². The molecule has 0 aliphatic carbocycles. The predicted octanol–water partition coefficient (Wildman–Crippen LogP) is 7.27. The summed E-state index contributed by atoms with van der Waals surface area (Å²) in [5.41, 5.74) is -2.32. The molecule has 0 aliphatic rings. The highest BCUT2D eigenvalue weighted by Crippen LogP contribution is 2.43. The summed E-state index contributed by atoms with van der Waals surface area (Å²) < 4.78 is 64.9. The van der Waals surface area contributed by atoms with Crippen molar-refractivity contribution >= 4 is 34.8 Å². The van der Waals surface area contributed by atoms with Gasteiger partial charge in [-0.2, -0.15) is 13.2 Å². The van der Waals surface area contributed by atoms with Crippen LogP contribution in [0.25, 0.3) is 11.1 Å². The van der Waals surface area contributed by atoms with Gasteiger partial charge in [0.05, 0.1) is 15.6 Å². The average molecular weight is 376 g/mol. The first-order chi connectivity index (χ1) is 10.1. The van der Waals surface area contributed by atoms with Crippen LogP contribution in [0.4, 0.5) is 22.0 Å². The normalized spacial score (nSPS) is 12.0. The molecule has 0 heterocycles. The van der Waals surface area contributed by atoms with E-state index in [2.05, 4.69) is 0 Å². The number of hydrogen-bond donors (Lipinski definition) is 0. The molecule has 0 aliphatic heterocycles. The standard InChI is InChI=1S/C14H6Cl3F5/c15-7-4-9(12(17)11(16)5-7)8-3-6(13(18)19)1-2-10(8)14(20,21)22/h1-5,13H. The van der Waals surface area contributed by atoms with Crippen molar-refractivity contribution in [3.63, 3.8) is 0 Å². The zero-order valence-electron chi connectivity index (χ0n) is 10.5. The largest absolute Gasteiger partial charge is 0.417 e. The van der Waals surface area contributed by atoms with Crippen LogP contribution in [0.15, 0.2) is 30.3 Å². The van der Waals surface area contributed by atoms with Gasteiger partial charge in [0.15, 0.2) is 0 Å². The van der Waals surface area contributed by atoms with Gasteiger partial charge in [0, 0.05) is 16.1 Å². The molecule has 2 aromatic rings. The Bertz CT molecular complexity index is 710. The number of benzene rings is 2. The first-order valence-electron chi connectivity index (χ1n) is 5.75. The number of halogens is 8. The van der Waals surface area contributed by atoms with Crippen LogP contribution in [0.3, 0.4) is 0 Å². The van der Waals surface area contributed by atoms with E-state index in [0.717, 1.165) is 18.2 Å². The van der Waals surface area contributed by atoms with Crippen LogP contribution in [0.5, 0.6) is 0 Å². The van der Waals surface area contributed by atoms with Crippen LogP contribution in [0, 0.1) is 0 Å². The van der Waals surface area contributed by atoms with Crippen molar-refractivity contribution in [1.82, 2.24) is 0 Å². The van der Waals surface area contributed by atoms with Crippen molar-refractivity contribution in [3.8, 4) is 11.1 Å². The second kappa shape index (κ2) is 6.22. The lowest BCUT2D eigenvalue weighted by Gasteiger charge is -2.16. The van der Waals surface area contributed by atoms with Gasteiger partial charge in [0.25, 0.3) is 6.43 Å². The second-order valence-corrected chi connectivity index (χ2v) is 5.57. The number of alkyl halides is 5. The van der Waals surface area contributed by atoms with Gasteiger partial charge in [0.2, 0.25) is 0 Å². The van der Waals surface area contributed by atoms with Crippen molar-refractivity contribution in [2.45, 2.75) is 12.6 Å². The molecule has 0 radical (unpaired) electrons. The van der Waals surface area contributed by atoms with E-state index in [1.165, 1.54) is 6.07 Å². The van der Waals surface area contributed by atoms with Gasteiger partial charge in [-0.05, 0) is 29.8 Å². The average Bonchev–Trinajstić information content (AvgIpc) is 2.41. The molecule has 0 unspecified atom stereocenters. The molecule has 2 aromatic carbocycles. The summed E-state index contributed by atoms with van der Waals surface area (Å²) in [4.78, 5) is 0. The molecule has 0 saturated carbocycles.